The van der Waals surface area contributed by atoms with E-state index in [4.69, 9.17) is 37.8 Å². The number of nitrogens with zero attached hydrogens (tertiary/aromatic N) is 3. The Bertz CT molecular complexity index is 865. The van der Waals surface area contributed by atoms with Gasteiger partial charge in [-0.3, -0.25) is 9.69 Å². The molecule has 9 nitrogen and oxygen atoms in total. The molecule has 2 aliphatic rings. The molecule has 2 heterocycles. The van der Waals surface area contributed by atoms with Crippen molar-refractivity contribution < 1.29 is 29.0 Å². The maximum atomic E-state index is 13.4. The topological polar surface area (TPSA) is 99.6 Å². The third-order valence-corrected chi connectivity index (χ3v) is 6.79. The van der Waals surface area contributed by atoms with Crippen molar-refractivity contribution in [3.63, 3.8) is 0 Å². The molecular formula is C22H29Cl2N3O6. The number of likely N-dealkylation sites (tertiary alicyclic amines) is 1. The molecule has 11 heteroatoms. The van der Waals surface area contributed by atoms with Gasteiger partial charge in [0.25, 0.3) is 0 Å². The minimum Gasteiger partial charge on any atom is -0.480 e. The lowest BCUT2D eigenvalue weighted by Gasteiger charge is -2.48. The van der Waals surface area contributed by atoms with Gasteiger partial charge >= 0.3 is 12.1 Å². The van der Waals surface area contributed by atoms with Crippen molar-refractivity contribution >= 4 is 41.2 Å². The van der Waals surface area contributed by atoms with E-state index in [9.17, 15) is 14.4 Å². The normalized spacial score (nSPS) is 21.3. The zero-order chi connectivity index (χ0) is 24.0. The zero-order valence-corrected chi connectivity index (χ0v) is 20.1. The number of hydrogen-bond donors (Lipinski definition) is 1. The van der Waals surface area contributed by atoms with Crippen molar-refractivity contribution in [2.24, 2.45) is 0 Å². The number of carboxylic acid groups (broad SMARTS) is 1. The largest absolute Gasteiger partial charge is 0.480 e. The Morgan fingerprint density at radius 3 is 2.36 bits per heavy atom. The number of carbonyl (C=O) groups is 3. The van der Waals surface area contributed by atoms with E-state index in [1.54, 1.807) is 23.1 Å². The first-order chi connectivity index (χ1) is 15.8. The number of carbonyl (C=O) groups excluding carboxylic acids is 2. The first-order valence-electron chi connectivity index (χ1n) is 10.9. The molecule has 0 radical (unpaired) electrons. The first-order valence-corrected chi connectivity index (χ1v) is 11.7. The van der Waals surface area contributed by atoms with Crippen LogP contribution in [0.15, 0.2) is 18.2 Å². The fourth-order valence-corrected chi connectivity index (χ4v) is 4.78. The fraction of sp³-hybridized carbons (Fsp3) is 0.591. The average Bonchev–Trinajstić information content (AvgIpc) is 3.29. The predicted octanol–water partition coefficient (Wildman–Crippen LogP) is 2.38. The molecule has 0 saturated carbocycles. The third kappa shape index (κ3) is 6.72. The molecule has 1 N–H and O–H groups in total. The molecule has 1 aromatic rings. The van der Waals surface area contributed by atoms with Gasteiger partial charge in [0.1, 0.15) is 6.61 Å². The van der Waals surface area contributed by atoms with Crippen LogP contribution < -0.4 is 0 Å². The summed E-state index contributed by atoms with van der Waals surface area (Å²) in [5, 5.41) is 9.78. The van der Waals surface area contributed by atoms with E-state index in [0.717, 1.165) is 31.5 Å². The second-order valence-electron chi connectivity index (χ2n) is 8.23. The minimum atomic E-state index is -1.10. The highest BCUT2D eigenvalue weighted by Crippen LogP contribution is 2.25. The van der Waals surface area contributed by atoms with Gasteiger partial charge in [0.2, 0.25) is 5.91 Å². The third-order valence-electron chi connectivity index (χ3n) is 6.05. The monoisotopic (exact) mass is 501 g/mol. The Balaban J connectivity index is 1.84. The number of aliphatic carboxylic acids is 1. The van der Waals surface area contributed by atoms with Crippen LogP contribution in [0.3, 0.4) is 0 Å². The molecule has 0 aliphatic carbocycles. The van der Waals surface area contributed by atoms with Gasteiger partial charge in [-0.05, 0) is 43.6 Å². The smallest absolute Gasteiger partial charge is 0.409 e. The Kier molecular flexibility index (Phi) is 9.19. The number of hydrogen-bond acceptors (Lipinski definition) is 6. The molecule has 2 atom stereocenters. The van der Waals surface area contributed by atoms with E-state index < -0.39 is 24.7 Å². The van der Waals surface area contributed by atoms with Gasteiger partial charge in [-0.15, -0.1) is 0 Å². The van der Waals surface area contributed by atoms with Gasteiger partial charge in [0.15, 0.2) is 0 Å². The van der Waals surface area contributed by atoms with Crippen LogP contribution >= 0.6 is 23.2 Å². The molecular weight excluding hydrogens is 473 g/mol. The molecule has 1 aromatic carbocycles. The van der Waals surface area contributed by atoms with Gasteiger partial charge in [0, 0.05) is 19.6 Å². The molecule has 2 amide bonds. The highest BCUT2D eigenvalue weighted by Gasteiger charge is 2.42. The van der Waals surface area contributed by atoms with E-state index in [0.29, 0.717) is 23.1 Å². The van der Waals surface area contributed by atoms with Crippen molar-refractivity contribution in [1.82, 2.24) is 14.7 Å². The van der Waals surface area contributed by atoms with Crippen molar-refractivity contribution in [2.75, 3.05) is 53.0 Å². The van der Waals surface area contributed by atoms with Gasteiger partial charge in [0.05, 0.1) is 42.3 Å². The van der Waals surface area contributed by atoms with Gasteiger partial charge in [-0.25, -0.2) is 9.59 Å². The highest BCUT2D eigenvalue weighted by molar-refractivity contribution is 6.42. The minimum absolute atomic E-state index is 0.0174. The Labute approximate surface area is 203 Å². The van der Waals surface area contributed by atoms with E-state index >= 15 is 0 Å². The molecule has 0 aromatic heterocycles. The summed E-state index contributed by atoms with van der Waals surface area (Å²) in [6.45, 7) is 2.47. The second-order valence-corrected chi connectivity index (χ2v) is 9.04. The van der Waals surface area contributed by atoms with E-state index in [1.165, 1.54) is 12.0 Å². The van der Waals surface area contributed by atoms with Crippen LogP contribution in [-0.2, 0) is 25.5 Å². The maximum Gasteiger partial charge on any atom is 0.409 e. The summed E-state index contributed by atoms with van der Waals surface area (Å²) in [6, 6.07) is 4.19. The summed E-state index contributed by atoms with van der Waals surface area (Å²) >= 11 is 12.1. The standard InChI is InChI=1S/C22H29Cl2N3O6/c1-32-22(31)27-9-8-26(20(28)11-15-4-5-16(23)17(24)10-15)18(12-25-6-2-3-7-25)19(27)13-33-14-21(29)30/h4-5,10,18-19H,2-3,6-9,11-14H2,1H3,(H,29,30). The van der Waals surface area contributed by atoms with Crippen LogP contribution in [0.5, 0.6) is 0 Å². The van der Waals surface area contributed by atoms with E-state index in [1.807, 2.05) is 0 Å². The number of amides is 2. The highest BCUT2D eigenvalue weighted by atomic mass is 35.5. The number of ether oxygens (including phenoxy) is 2. The molecule has 0 spiro atoms. The average molecular weight is 502 g/mol. The summed E-state index contributed by atoms with van der Waals surface area (Å²) in [6.07, 6.45) is 1.76. The summed E-state index contributed by atoms with van der Waals surface area (Å²) in [5.41, 5.74) is 0.739. The number of carboxylic acids is 1. The lowest BCUT2D eigenvalue weighted by molar-refractivity contribution is -0.146. The first kappa shape index (κ1) is 25.6. The summed E-state index contributed by atoms with van der Waals surface area (Å²) in [4.78, 5) is 42.4. The van der Waals surface area contributed by atoms with Crippen molar-refractivity contribution in [2.45, 2.75) is 31.3 Å². The van der Waals surface area contributed by atoms with Gasteiger partial charge < -0.3 is 24.4 Å². The van der Waals surface area contributed by atoms with Crippen molar-refractivity contribution in [3.8, 4) is 0 Å². The summed E-state index contributed by atoms with van der Waals surface area (Å²) < 4.78 is 10.3. The second kappa shape index (κ2) is 11.9. The number of piperazine rings is 1. The quantitative estimate of drug-likeness (QED) is 0.583. The predicted molar refractivity (Wildman–Crippen MR) is 123 cm³/mol. The van der Waals surface area contributed by atoms with Gasteiger partial charge in [-0.2, -0.15) is 0 Å². The van der Waals surface area contributed by atoms with Crippen molar-refractivity contribution in [3.05, 3.63) is 33.8 Å². The molecule has 2 saturated heterocycles. The summed E-state index contributed by atoms with van der Waals surface area (Å²) in [5.74, 6) is -1.20. The SMILES string of the molecule is COC(=O)N1CCN(C(=O)Cc2ccc(Cl)c(Cl)c2)C(CN2CCCC2)C1COCC(=O)O. The molecule has 182 valence electrons. The molecule has 2 aliphatic heterocycles. The van der Waals surface area contributed by atoms with E-state index in [2.05, 4.69) is 4.90 Å². The van der Waals surface area contributed by atoms with Crippen LogP contribution in [0.4, 0.5) is 4.79 Å². The van der Waals surface area contributed by atoms with Crippen LogP contribution in [-0.4, -0.2) is 103 Å². The molecule has 2 fully saturated rings. The maximum absolute atomic E-state index is 13.4. The van der Waals surface area contributed by atoms with Crippen LogP contribution in [0.1, 0.15) is 18.4 Å². The zero-order valence-electron chi connectivity index (χ0n) is 18.5. The summed E-state index contributed by atoms with van der Waals surface area (Å²) in [7, 11) is 1.30. The van der Waals surface area contributed by atoms with Crippen molar-refractivity contribution in [1.29, 1.82) is 0 Å². The number of methoxy groups -OCH3 is 1. The Morgan fingerprint density at radius 2 is 1.73 bits per heavy atom. The lowest BCUT2D eigenvalue weighted by Crippen LogP contribution is -2.66. The van der Waals surface area contributed by atoms with Gasteiger partial charge in [-0.1, -0.05) is 29.3 Å². The number of benzene rings is 1. The Morgan fingerprint density at radius 1 is 1.03 bits per heavy atom. The Hall–Kier alpha value is -2.07. The molecule has 3 rings (SSSR count). The lowest BCUT2D eigenvalue weighted by atomic mass is 9.99. The number of halogens is 2. The fourth-order valence-electron chi connectivity index (χ4n) is 4.46. The van der Waals surface area contributed by atoms with Crippen LogP contribution in [0.25, 0.3) is 0 Å². The van der Waals surface area contributed by atoms with Crippen LogP contribution in [0, 0.1) is 0 Å². The molecule has 0 bridgehead atoms. The number of rotatable bonds is 8. The van der Waals surface area contributed by atoms with E-state index in [-0.39, 0.29) is 31.5 Å². The van der Waals surface area contributed by atoms with Crippen LogP contribution in [0.2, 0.25) is 10.0 Å². The molecule has 33 heavy (non-hydrogen) atoms. The molecule has 2 unspecified atom stereocenters.